The summed E-state index contributed by atoms with van der Waals surface area (Å²) in [6.07, 6.45) is 0.920. The zero-order valence-electron chi connectivity index (χ0n) is 9.25. The van der Waals surface area contributed by atoms with Crippen molar-refractivity contribution in [3.63, 3.8) is 0 Å². The lowest BCUT2D eigenvalue weighted by atomic mass is 10.0. The third-order valence-electron chi connectivity index (χ3n) is 2.59. The first kappa shape index (κ1) is 10.1. The third kappa shape index (κ3) is 2.00. The summed E-state index contributed by atoms with van der Waals surface area (Å²) >= 11 is 0. The van der Waals surface area contributed by atoms with Crippen LogP contribution in [0.5, 0.6) is 0 Å². The second-order valence-electron chi connectivity index (χ2n) is 3.98. The first-order valence-electron chi connectivity index (χ1n) is 5.27. The average Bonchev–Trinajstić information content (AvgIpc) is 2.19. The van der Waals surface area contributed by atoms with E-state index in [-0.39, 0.29) is 0 Å². The van der Waals surface area contributed by atoms with Crippen LogP contribution in [-0.4, -0.2) is 11.5 Å². The van der Waals surface area contributed by atoms with E-state index < -0.39 is 0 Å². The van der Waals surface area contributed by atoms with Crippen LogP contribution < -0.4 is 5.73 Å². The van der Waals surface area contributed by atoms with Crippen molar-refractivity contribution in [2.75, 3.05) is 6.54 Å². The summed E-state index contributed by atoms with van der Waals surface area (Å²) in [7, 11) is 0. The smallest absolute Gasteiger partial charge is 0.0708 e. The summed E-state index contributed by atoms with van der Waals surface area (Å²) in [6.45, 7) is 4.82. The molecule has 0 spiro atoms. The van der Waals surface area contributed by atoms with E-state index in [1.807, 2.05) is 6.92 Å². The maximum Gasteiger partial charge on any atom is 0.0708 e. The van der Waals surface area contributed by atoms with Crippen LogP contribution >= 0.6 is 0 Å². The Morgan fingerprint density at radius 3 is 2.73 bits per heavy atom. The van der Waals surface area contributed by atoms with E-state index in [4.69, 9.17) is 5.73 Å². The van der Waals surface area contributed by atoms with Crippen LogP contribution in [-0.2, 0) is 6.42 Å². The van der Waals surface area contributed by atoms with Gasteiger partial charge in [-0.1, -0.05) is 11.6 Å². The number of aryl methyl sites for hydroxylation is 2. The molecule has 0 aliphatic heterocycles. The Labute approximate surface area is 90.1 Å². The Morgan fingerprint density at radius 2 is 2.00 bits per heavy atom. The molecule has 2 rings (SSSR count). The first-order valence-corrected chi connectivity index (χ1v) is 5.27. The minimum Gasteiger partial charge on any atom is -0.330 e. The molecule has 0 radical (unpaired) electrons. The molecule has 0 bridgehead atoms. The SMILES string of the molecule is Cc1ccc2nc(C)cc(CCN)c2c1. The number of pyridine rings is 1. The van der Waals surface area contributed by atoms with Gasteiger partial charge in [-0.2, -0.15) is 0 Å². The van der Waals surface area contributed by atoms with Crippen molar-refractivity contribution >= 4 is 10.9 Å². The van der Waals surface area contributed by atoms with Gasteiger partial charge in [-0.25, -0.2) is 0 Å². The standard InChI is InChI=1S/C13H16N2/c1-9-3-4-13-12(7-9)11(5-6-14)8-10(2)15-13/h3-4,7-8H,5-6,14H2,1-2H3. The topological polar surface area (TPSA) is 38.9 Å². The number of nitrogens with zero attached hydrogens (tertiary/aromatic N) is 1. The molecule has 1 heterocycles. The van der Waals surface area contributed by atoms with Crippen LogP contribution in [0.3, 0.4) is 0 Å². The number of hydrogen-bond donors (Lipinski definition) is 1. The Morgan fingerprint density at radius 1 is 1.20 bits per heavy atom. The third-order valence-corrected chi connectivity index (χ3v) is 2.59. The molecule has 1 aromatic carbocycles. The molecule has 0 atom stereocenters. The largest absolute Gasteiger partial charge is 0.330 e. The van der Waals surface area contributed by atoms with Gasteiger partial charge in [0.2, 0.25) is 0 Å². The molecule has 1 aromatic heterocycles. The summed E-state index contributed by atoms with van der Waals surface area (Å²) in [4.78, 5) is 4.52. The summed E-state index contributed by atoms with van der Waals surface area (Å²) < 4.78 is 0. The summed E-state index contributed by atoms with van der Waals surface area (Å²) in [6, 6.07) is 8.50. The van der Waals surface area contributed by atoms with Crippen molar-refractivity contribution in [1.82, 2.24) is 4.98 Å². The number of nitrogens with two attached hydrogens (primary N) is 1. The van der Waals surface area contributed by atoms with Crippen LogP contribution in [0.25, 0.3) is 10.9 Å². The van der Waals surface area contributed by atoms with Gasteiger partial charge in [0.05, 0.1) is 5.52 Å². The molecule has 2 N–H and O–H groups in total. The summed E-state index contributed by atoms with van der Waals surface area (Å²) in [5.41, 5.74) is 10.3. The van der Waals surface area contributed by atoms with Crippen molar-refractivity contribution in [1.29, 1.82) is 0 Å². The highest BCUT2D eigenvalue weighted by Gasteiger charge is 2.03. The second-order valence-corrected chi connectivity index (χ2v) is 3.98. The van der Waals surface area contributed by atoms with Crippen LogP contribution in [0.15, 0.2) is 24.3 Å². The van der Waals surface area contributed by atoms with E-state index in [1.165, 1.54) is 16.5 Å². The van der Waals surface area contributed by atoms with Gasteiger partial charge < -0.3 is 5.73 Å². The summed E-state index contributed by atoms with van der Waals surface area (Å²) in [5, 5.41) is 1.24. The number of aromatic nitrogens is 1. The van der Waals surface area contributed by atoms with E-state index >= 15 is 0 Å². The fourth-order valence-corrected chi connectivity index (χ4v) is 1.92. The highest BCUT2D eigenvalue weighted by atomic mass is 14.7. The molecule has 0 unspecified atom stereocenters. The van der Waals surface area contributed by atoms with Crippen molar-refractivity contribution in [2.45, 2.75) is 20.3 Å². The number of rotatable bonds is 2. The predicted molar refractivity (Wildman–Crippen MR) is 64.0 cm³/mol. The van der Waals surface area contributed by atoms with E-state index in [0.717, 1.165) is 17.6 Å². The normalized spacial score (nSPS) is 10.9. The first-order chi connectivity index (χ1) is 7.20. The molecular formula is C13H16N2. The molecule has 15 heavy (non-hydrogen) atoms. The highest BCUT2D eigenvalue weighted by Crippen LogP contribution is 2.20. The predicted octanol–water partition coefficient (Wildman–Crippen LogP) is 2.35. The Hall–Kier alpha value is -1.41. The van der Waals surface area contributed by atoms with Gasteiger partial charge in [-0.15, -0.1) is 0 Å². The highest BCUT2D eigenvalue weighted by molar-refractivity contribution is 5.83. The minimum absolute atomic E-state index is 0.687. The summed E-state index contributed by atoms with van der Waals surface area (Å²) in [5.74, 6) is 0. The lowest BCUT2D eigenvalue weighted by Gasteiger charge is -2.07. The Balaban J connectivity index is 2.70. The molecule has 2 heteroatoms. The number of benzene rings is 1. The fraction of sp³-hybridized carbons (Fsp3) is 0.308. The van der Waals surface area contributed by atoms with Crippen molar-refractivity contribution < 1.29 is 0 Å². The van der Waals surface area contributed by atoms with Crippen molar-refractivity contribution in [2.24, 2.45) is 5.73 Å². The molecule has 2 nitrogen and oxygen atoms in total. The second kappa shape index (κ2) is 3.99. The molecule has 78 valence electrons. The van der Waals surface area contributed by atoms with Crippen LogP contribution in [0.2, 0.25) is 0 Å². The van der Waals surface area contributed by atoms with Gasteiger partial charge in [-0.3, -0.25) is 4.98 Å². The molecule has 0 saturated heterocycles. The lowest BCUT2D eigenvalue weighted by molar-refractivity contribution is 0.971. The van der Waals surface area contributed by atoms with Crippen LogP contribution in [0, 0.1) is 13.8 Å². The van der Waals surface area contributed by atoms with Gasteiger partial charge in [0, 0.05) is 11.1 Å². The van der Waals surface area contributed by atoms with Gasteiger partial charge in [0.1, 0.15) is 0 Å². The molecular weight excluding hydrogens is 184 g/mol. The fourth-order valence-electron chi connectivity index (χ4n) is 1.92. The molecule has 0 saturated carbocycles. The quantitative estimate of drug-likeness (QED) is 0.808. The van der Waals surface area contributed by atoms with Gasteiger partial charge in [-0.05, 0) is 50.6 Å². The number of hydrogen-bond acceptors (Lipinski definition) is 2. The van der Waals surface area contributed by atoms with Gasteiger partial charge in [0.15, 0.2) is 0 Å². The van der Waals surface area contributed by atoms with E-state index in [2.05, 4.69) is 36.2 Å². The molecule has 2 aromatic rings. The van der Waals surface area contributed by atoms with Gasteiger partial charge >= 0.3 is 0 Å². The lowest BCUT2D eigenvalue weighted by Crippen LogP contribution is -2.04. The maximum atomic E-state index is 5.62. The molecule has 0 amide bonds. The molecule has 0 aliphatic carbocycles. The van der Waals surface area contributed by atoms with Gasteiger partial charge in [0.25, 0.3) is 0 Å². The monoisotopic (exact) mass is 200 g/mol. The zero-order chi connectivity index (χ0) is 10.8. The van der Waals surface area contributed by atoms with E-state index in [1.54, 1.807) is 0 Å². The zero-order valence-corrected chi connectivity index (χ0v) is 9.25. The average molecular weight is 200 g/mol. The van der Waals surface area contributed by atoms with Crippen molar-refractivity contribution in [3.05, 3.63) is 41.1 Å². The van der Waals surface area contributed by atoms with Crippen LogP contribution in [0.1, 0.15) is 16.8 Å². The van der Waals surface area contributed by atoms with Crippen LogP contribution in [0.4, 0.5) is 0 Å². The van der Waals surface area contributed by atoms with E-state index in [0.29, 0.717) is 6.54 Å². The Kier molecular flexibility index (Phi) is 2.69. The molecule has 0 fully saturated rings. The Bertz CT molecular complexity index is 489. The van der Waals surface area contributed by atoms with Crippen molar-refractivity contribution in [3.8, 4) is 0 Å². The van der Waals surface area contributed by atoms with E-state index in [9.17, 15) is 0 Å². The minimum atomic E-state index is 0.687. The number of fused-ring (bicyclic) bond motifs is 1. The maximum absolute atomic E-state index is 5.62. The molecule has 0 aliphatic rings.